The first-order chi connectivity index (χ1) is 12.2. The summed E-state index contributed by atoms with van der Waals surface area (Å²) >= 11 is 0. The van der Waals surface area contributed by atoms with Gasteiger partial charge in [-0.3, -0.25) is 4.79 Å². The van der Waals surface area contributed by atoms with Crippen LogP contribution >= 0.6 is 0 Å². The Labute approximate surface area is 147 Å². The minimum Gasteiger partial charge on any atom is -0.497 e. The molecule has 1 aromatic heterocycles. The summed E-state index contributed by atoms with van der Waals surface area (Å²) in [7, 11) is 1.62. The molecular weight excluding hydrogens is 320 g/mol. The van der Waals surface area contributed by atoms with Gasteiger partial charge in [-0.15, -0.1) is 0 Å². The van der Waals surface area contributed by atoms with E-state index in [0.29, 0.717) is 31.2 Å². The summed E-state index contributed by atoms with van der Waals surface area (Å²) in [4.78, 5) is 20.1. The summed E-state index contributed by atoms with van der Waals surface area (Å²) in [6.07, 6.45) is 5.03. The minimum atomic E-state index is -0.150. The van der Waals surface area contributed by atoms with E-state index in [1.807, 2.05) is 24.3 Å². The van der Waals surface area contributed by atoms with Crippen LogP contribution in [0.15, 0.2) is 36.7 Å². The van der Waals surface area contributed by atoms with Crippen molar-refractivity contribution in [2.24, 2.45) is 0 Å². The standard InChI is InChI=1S/C18H24N4O3/c1-3-4-9-19-17(23)14-12-21-18(22-13-14)20-10-11-25-16-7-5-15(24-2)6-8-16/h5-8,12-13H,3-4,9-11H2,1-2H3,(H,19,23)(H,20,21,22). The molecule has 0 bridgehead atoms. The van der Waals surface area contributed by atoms with Gasteiger partial charge in [-0.1, -0.05) is 13.3 Å². The van der Waals surface area contributed by atoms with Crippen LogP contribution in [0.1, 0.15) is 30.1 Å². The largest absolute Gasteiger partial charge is 0.497 e. The molecule has 0 aliphatic carbocycles. The molecule has 0 aliphatic heterocycles. The first-order valence-electron chi connectivity index (χ1n) is 8.34. The van der Waals surface area contributed by atoms with E-state index in [9.17, 15) is 4.79 Å². The Kier molecular flexibility index (Phi) is 7.49. The molecular formula is C18H24N4O3. The number of ether oxygens (including phenoxy) is 2. The number of nitrogens with one attached hydrogen (secondary N) is 2. The van der Waals surface area contributed by atoms with Crippen LogP contribution in [-0.2, 0) is 0 Å². The summed E-state index contributed by atoms with van der Waals surface area (Å²) < 4.78 is 10.7. The number of rotatable bonds is 10. The Balaban J connectivity index is 1.71. The van der Waals surface area contributed by atoms with Crippen molar-refractivity contribution >= 4 is 11.9 Å². The number of carbonyl (C=O) groups excluding carboxylic acids is 1. The molecule has 0 saturated heterocycles. The van der Waals surface area contributed by atoms with Crippen LogP contribution < -0.4 is 20.1 Å². The summed E-state index contributed by atoms with van der Waals surface area (Å²) in [5.74, 6) is 1.87. The maximum Gasteiger partial charge on any atom is 0.254 e. The third kappa shape index (κ3) is 6.29. The molecule has 1 aromatic carbocycles. The highest BCUT2D eigenvalue weighted by Gasteiger charge is 2.06. The van der Waals surface area contributed by atoms with Crippen molar-refractivity contribution in [1.82, 2.24) is 15.3 Å². The molecule has 0 spiro atoms. The number of aromatic nitrogens is 2. The molecule has 2 aromatic rings. The summed E-state index contributed by atoms with van der Waals surface area (Å²) in [6.45, 7) is 3.76. The number of hydrogen-bond donors (Lipinski definition) is 2. The molecule has 25 heavy (non-hydrogen) atoms. The van der Waals surface area contributed by atoms with Crippen LogP contribution in [0, 0.1) is 0 Å². The number of hydrogen-bond acceptors (Lipinski definition) is 6. The predicted octanol–water partition coefficient (Wildman–Crippen LogP) is 2.51. The van der Waals surface area contributed by atoms with Gasteiger partial charge in [0, 0.05) is 18.9 Å². The first kappa shape index (κ1) is 18.5. The van der Waals surface area contributed by atoms with E-state index in [2.05, 4.69) is 27.5 Å². The van der Waals surface area contributed by atoms with Gasteiger partial charge in [0.1, 0.15) is 18.1 Å². The molecule has 0 radical (unpaired) electrons. The number of methoxy groups -OCH3 is 1. The van der Waals surface area contributed by atoms with E-state index in [-0.39, 0.29) is 5.91 Å². The van der Waals surface area contributed by atoms with Crippen LogP contribution in [0.5, 0.6) is 11.5 Å². The number of carbonyl (C=O) groups is 1. The molecule has 0 aliphatic rings. The third-order valence-electron chi connectivity index (χ3n) is 3.44. The Morgan fingerprint density at radius 2 is 1.76 bits per heavy atom. The van der Waals surface area contributed by atoms with Crippen molar-refractivity contribution < 1.29 is 14.3 Å². The SMILES string of the molecule is CCCCNC(=O)c1cnc(NCCOc2ccc(OC)cc2)nc1. The van der Waals surface area contributed by atoms with Crippen LogP contribution in [0.4, 0.5) is 5.95 Å². The zero-order valence-corrected chi connectivity index (χ0v) is 14.6. The van der Waals surface area contributed by atoms with Crippen molar-refractivity contribution in [3.8, 4) is 11.5 Å². The first-order valence-corrected chi connectivity index (χ1v) is 8.34. The molecule has 0 atom stereocenters. The molecule has 1 amide bonds. The molecule has 7 nitrogen and oxygen atoms in total. The number of benzene rings is 1. The average molecular weight is 344 g/mol. The van der Waals surface area contributed by atoms with Gasteiger partial charge < -0.3 is 20.1 Å². The summed E-state index contributed by atoms with van der Waals surface area (Å²) in [5.41, 5.74) is 0.455. The zero-order chi connectivity index (χ0) is 17.9. The van der Waals surface area contributed by atoms with Crippen LogP contribution in [0.2, 0.25) is 0 Å². The molecule has 2 N–H and O–H groups in total. The highest BCUT2D eigenvalue weighted by atomic mass is 16.5. The Bertz CT molecular complexity index is 644. The van der Waals surface area contributed by atoms with Crippen molar-refractivity contribution in [2.75, 3.05) is 32.1 Å². The summed E-state index contributed by atoms with van der Waals surface area (Å²) in [6, 6.07) is 7.38. The van der Waals surface area contributed by atoms with Crippen molar-refractivity contribution in [3.63, 3.8) is 0 Å². The highest BCUT2D eigenvalue weighted by Crippen LogP contribution is 2.16. The number of anilines is 1. The van der Waals surface area contributed by atoms with Crippen molar-refractivity contribution in [3.05, 3.63) is 42.2 Å². The van der Waals surface area contributed by atoms with E-state index in [4.69, 9.17) is 9.47 Å². The second-order valence-electron chi connectivity index (χ2n) is 5.36. The molecule has 0 unspecified atom stereocenters. The fourth-order valence-corrected chi connectivity index (χ4v) is 2.02. The van der Waals surface area contributed by atoms with Crippen LogP contribution in [-0.4, -0.2) is 42.7 Å². The minimum absolute atomic E-state index is 0.150. The van der Waals surface area contributed by atoms with E-state index in [1.165, 1.54) is 12.4 Å². The normalized spacial score (nSPS) is 10.2. The van der Waals surface area contributed by atoms with Gasteiger partial charge in [0.05, 0.1) is 19.2 Å². The third-order valence-corrected chi connectivity index (χ3v) is 3.44. The number of unbranched alkanes of at least 4 members (excludes halogenated alkanes) is 1. The van der Waals surface area contributed by atoms with Crippen LogP contribution in [0.25, 0.3) is 0 Å². The van der Waals surface area contributed by atoms with Crippen molar-refractivity contribution in [2.45, 2.75) is 19.8 Å². The van der Waals surface area contributed by atoms with Gasteiger partial charge in [-0.2, -0.15) is 0 Å². The highest BCUT2D eigenvalue weighted by molar-refractivity contribution is 5.93. The van der Waals surface area contributed by atoms with Gasteiger partial charge in [0.25, 0.3) is 5.91 Å². The zero-order valence-electron chi connectivity index (χ0n) is 14.6. The van der Waals surface area contributed by atoms with E-state index >= 15 is 0 Å². The molecule has 2 rings (SSSR count). The Morgan fingerprint density at radius 3 is 2.40 bits per heavy atom. The fraction of sp³-hybridized carbons (Fsp3) is 0.389. The average Bonchev–Trinajstić information content (AvgIpc) is 2.66. The number of amides is 1. The lowest BCUT2D eigenvalue weighted by Gasteiger charge is -2.08. The van der Waals surface area contributed by atoms with Crippen LogP contribution in [0.3, 0.4) is 0 Å². The van der Waals surface area contributed by atoms with E-state index in [0.717, 1.165) is 24.3 Å². The quantitative estimate of drug-likeness (QED) is 0.644. The lowest BCUT2D eigenvalue weighted by atomic mass is 10.3. The monoisotopic (exact) mass is 344 g/mol. The Morgan fingerprint density at radius 1 is 1.08 bits per heavy atom. The molecule has 7 heteroatoms. The fourth-order valence-electron chi connectivity index (χ4n) is 2.02. The predicted molar refractivity (Wildman–Crippen MR) is 96.3 cm³/mol. The van der Waals surface area contributed by atoms with Crippen molar-refractivity contribution in [1.29, 1.82) is 0 Å². The second kappa shape index (κ2) is 10.1. The van der Waals surface area contributed by atoms with Gasteiger partial charge in [-0.05, 0) is 30.7 Å². The Hall–Kier alpha value is -2.83. The maximum atomic E-state index is 11.9. The smallest absolute Gasteiger partial charge is 0.254 e. The van der Waals surface area contributed by atoms with Gasteiger partial charge in [0.15, 0.2) is 0 Å². The molecule has 134 valence electrons. The molecule has 0 fully saturated rings. The summed E-state index contributed by atoms with van der Waals surface area (Å²) in [5, 5.41) is 5.88. The van der Waals surface area contributed by atoms with E-state index < -0.39 is 0 Å². The van der Waals surface area contributed by atoms with Gasteiger partial charge in [-0.25, -0.2) is 9.97 Å². The second-order valence-corrected chi connectivity index (χ2v) is 5.36. The molecule has 0 saturated carbocycles. The van der Waals surface area contributed by atoms with Gasteiger partial charge in [0.2, 0.25) is 5.95 Å². The molecule has 1 heterocycles. The maximum absolute atomic E-state index is 11.9. The van der Waals surface area contributed by atoms with E-state index in [1.54, 1.807) is 7.11 Å². The number of nitrogens with zero attached hydrogens (tertiary/aromatic N) is 2. The van der Waals surface area contributed by atoms with Gasteiger partial charge >= 0.3 is 0 Å². The lowest BCUT2D eigenvalue weighted by Crippen LogP contribution is -2.24. The lowest BCUT2D eigenvalue weighted by molar-refractivity contribution is 0.0952. The topological polar surface area (TPSA) is 85.4 Å².